The molecule has 0 saturated heterocycles. The molecule has 0 spiro atoms. The van der Waals surface area contributed by atoms with Gasteiger partial charge in [-0.25, -0.2) is 19.9 Å². The van der Waals surface area contributed by atoms with E-state index in [1.165, 1.54) is 6.33 Å². The third kappa shape index (κ3) is 2.48. The topological polar surface area (TPSA) is 51.6 Å². The first-order valence-electron chi connectivity index (χ1n) is 5.80. The van der Waals surface area contributed by atoms with Gasteiger partial charge < -0.3 is 0 Å². The number of hydrogen-bond acceptors (Lipinski definition) is 4. The van der Waals surface area contributed by atoms with E-state index in [1.807, 2.05) is 30.3 Å². The van der Waals surface area contributed by atoms with Crippen LogP contribution in [-0.2, 0) is 0 Å². The van der Waals surface area contributed by atoms with Gasteiger partial charge in [-0.2, -0.15) is 0 Å². The maximum Gasteiger partial charge on any atom is 0.181 e. The molecule has 0 bridgehead atoms. The number of aromatic nitrogens is 4. The molecule has 2 aromatic heterocycles. The summed E-state index contributed by atoms with van der Waals surface area (Å²) in [5, 5.41) is 0.592. The van der Waals surface area contributed by atoms with Gasteiger partial charge in [-0.15, -0.1) is 0 Å². The van der Waals surface area contributed by atoms with Crippen LogP contribution in [0.15, 0.2) is 48.9 Å². The quantitative estimate of drug-likeness (QED) is 0.674. The fraction of sp³-hybridized carbons (Fsp3) is 0. The lowest BCUT2D eigenvalue weighted by molar-refractivity contribution is 1.10. The van der Waals surface area contributed by atoms with Crippen molar-refractivity contribution >= 4 is 23.2 Å². The Morgan fingerprint density at radius 2 is 1.55 bits per heavy atom. The van der Waals surface area contributed by atoms with Gasteiger partial charge in [-0.3, -0.25) is 0 Å². The average molecular weight is 303 g/mol. The molecular weight excluding hydrogens is 295 g/mol. The highest BCUT2D eigenvalue weighted by molar-refractivity contribution is 6.37. The third-order valence-corrected chi connectivity index (χ3v) is 3.24. The maximum atomic E-state index is 6.24. The van der Waals surface area contributed by atoms with Crippen LogP contribution in [0.1, 0.15) is 0 Å². The molecule has 20 heavy (non-hydrogen) atoms. The summed E-state index contributed by atoms with van der Waals surface area (Å²) in [5.74, 6) is 0.377. The lowest BCUT2D eigenvalue weighted by atomic mass is 10.1. The van der Waals surface area contributed by atoms with Gasteiger partial charge in [0.15, 0.2) is 5.82 Å². The van der Waals surface area contributed by atoms with E-state index >= 15 is 0 Å². The molecule has 6 heteroatoms. The second kappa shape index (κ2) is 5.53. The van der Waals surface area contributed by atoms with E-state index in [4.69, 9.17) is 23.2 Å². The summed E-state index contributed by atoms with van der Waals surface area (Å²) in [6, 6.07) is 11.2. The van der Waals surface area contributed by atoms with Crippen LogP contribution in [0, 0.1) is 0 Å². The smallest absolute Gasteiger partial charge is 0.181 e. The second-order valence-electron chi connectivity index (χ2n) is 3.96. The zero-order chi connectivity index (χ0) is 13.9. The maximum absolute atomic E-state index is 6.24. The van der Waals surface area contributed by atoms with Gasteiger partial charge in [0.2, 0.25) is 0 Å². The van der Waals surface area contributed by atoms with Crippen LogP contribution in [0.4, 0.5) is 0 Å². The Bertz CT molecular complexity index is 710. The molecule has 0 aliphatic rings. The molecule has 0 radical (unpaired) electrons. The molecule has 0 aliphatic carbocycles. The number of rotatable bonds is 2. The molecule has 0 N–H and O–H groups in total. The summed E-state index contributed by atoms with van der Waals surface area (Å²) in [6.07, 6.45) is 3.03. The van der Waals surface area contributed by atoms with Crippen molar-refractivity contribution in [3.8, 4) is 22.6 Å². The molecule has 4 nitrogen and oxygen atoms in total. The minimum absolute atomic E-state index is 0.296. The molecule has 0 unspecified atom stereocenters. The van der Waals surface area contributed by atoms with E-state index < -0.39 is 0 Å². The molecule has 0 atom stereocenters. The molecular formula is C14H8Cl2N4. The second-order valence-corrected chi connectivity index (χ2v) is 4.68. The van der Waals surface area contributed by atoms with Gasteiger partial charge in [-0.1, -0.05) is 53.5 Å². The Labute approximate surface area is 125 Å². The molecule has 1 aromatic carbocycles. The average Bonchev–Trinajstić information content (AvgIpc) is 2.48. The van der Waals surface area contributed by atoms with Crippen LogP contribution in [-0.4, -0.2) is 19.9 Å². The number of benzene rings is 1. The van der Waals surface area contributed by atoms with E-state index in [-0.39, 0.29) is 0 Å². The highest BCUT2D eigenvalue weighted by Crippen LogP contribution is 2.33. The Morgan fingerprint density at radius 3 is 2.15 bits per heavy atom. The minimum atomic E-state index is 0.296. The summed E-state index contributed by atoms with van der Waals surface area (Å²) in [4.78, 5) is 16.4. The third-order valence-electron chi connectivity index (χ3n) is 2.69. The van der Waals surface area contributed by atoms with Crippen molar-refractivity contribution in [3.63, 3.8) is 0 Å². The van der Waals surface area contributed by atoms with Crippen molar-refractivity contribution < 1.29 is 0 Å². The van der Waals surface area contributed by atoms with E-state index in [2.05, 4.69) is 19.9 Å². The zero-order valence-electron chi connectivity index (χ0n) is 10.2. The normalized spacial score (nSPS) is 10.5. The summed E-state index contributed by atoms with van der Waals surface area (Å²) >= 11 is 12.5. The minimum Gasteiger partial charge on any atom is -0.245 e. The lowest BCUT2D eigenvalue weighted by Gasteiger charge is -2.08. The van der Waals surface area contributed by atoms with Crippen LogP contribution in [0.5, 0.6) is 0 Å². The van der Waals surface area contributed by atoms with Gasteiger partial charge in [0.05, 0.1) is 5.56 Å². The van der Waals surface area contributed by atoms with Crippen LogP contribution in [0.2, 0.25) is 10.3 Å². The van der Waals surface area contributed by atoms with Gasteiger partial charge in [-0.05, 0) is 11.6 Å². The standard InChI is InChI=1S/C14H8Cl2N4/c15-12-11(9-4-2-1-3-5-9)13(16)20-14(19-12)10-6-7-17-8-18-10/h1-8H. The highest BCUT2D eigenvalue weighted by Gasteiger charge is 2.14. The monoisotopic (exact) mass is 302 g/mol. The Hall–Kier alpha value is -2.04. The summed E-state index contributed by atoms with van der Waals surface area (Å²) < 4.78 is 0. The fourth-order valence-electron chi connectivity index (χ4n) is 1.79. The number of nitrogens with zero attached hydrogens (tertiary/aromatic N) is 4. The summed E-state index contributed by atoms with van der Waals surface area (Å²) in [6.45, 7) is 0. The van der Waals surface area contributed by atoms with Crippen molar-refractivity contribution in [2.75, 3.05) is 0 Å². The van der Waals surface area contributed by atoms with Crippen molar-refractivity contribution in [1.82, 2.24) is 19.9 Å². The van der Waals surface area contributed by atoms with Gasteiger partial charge in [0.25, 0.3) is 0 Å². The molecule has 0 aliphatic heterocycles. The predicted molar refractivity (Wildman–Crippen MR) is 78.5 cm³/mol. The molecule has 0 fully saturated rings. The van der Waals surface area contributed by atoms with Crippen molar-refractivity contribution in [1.29, 1.82) is 0 Å². The fourth-order valence-corrected chi connectivity index (χ4v) is 2.39. The van der Waals surface area contributed by atoms with Gasteiger partial charge in [0.1, 0.15) is 22.3 Å². The Balaban J connectivity index is 2.13. The highest BCUT2D eigenvalue weighted by atomic mass is 35.5. The Morgan fingerprint density at radius 1 is 0.850 bits per heavy atom. The zero-order valence-corrected chi connectivity index (χ0v) is 11.7. The first kappa shape index (κ1) is 13.0. The van der Waals surface area contributed by atoms with E-state index in [9.17, 15) is 0 Å². The SMILES string of the molecule is Clc1nc(-c2ccncn2)nc(Cl)c1-c1ccccc1. The first-order valence-corrected chi connectivity index (χ1v) is 6.56. The molecule has 3 rings (SSSR count). The van der Waals surface area contributed by atoms with Crippen LogP contribution in [0.25, 0.3) is 22.6 Å². The summed E-state index contributed by atoms with van der Waals surface area (Å²) in [7, 11) is 0. The van der Waals surface area contributed by atoms with E-state index in [0.717, 1.165) is 5.56 Å². The lowest BCUT2D eigenvalue weighted by Crippen LogP contribution is -1.96. The number of halogens is 2. The van der Waals surface area contributed by atoms with Gasteiger partial charge >= 0.3 is 0 Å². The van der Waals surface area contributed by atoms with Crippen LogP contribution in [0.3, 0.4) is 0 Å². The molecule has 0 amide bonds. The van der Waals surface area contributed by atoms with E-state index in [1.54, 1.807) is 12.3 Å². The molecule has 98 valence electrons. The molecule has 0 saturated carbocycles. The predicted octanol–water partition coefficient (Wildman–Crippen LogP) is 3.91. The van der Waals surface area contributed by atoms with Crippen LogP contribution < -0.4 is 0 Å². The molecule has 2 heterocycles. The number of hydrogen-bond donors (Lipinski definition) is 0. The first-order chi connectivity index (χ1) is 9.75. The summed E-state index contributed by atoms with van der Waals surface area (Å²) in [5.41, 5.74) is 2.06. The largest absolute Gasteiger partial charge is 0.245 e. The van der Waals surface area contributed by atoms with Crippen molar-refractivity contribution in [3.05, 3.63) is 59.2 Å². The van der Waals surface area contributed by atoms with E-state index in [0.29, 0.717) is 27.4 Å². The Kier molecular flexibility index (Phi) is 3.58. The molecule has 3 aromatic rings. The van der Waals surface area contributed by atoms with Gasteiger partial charge in [0, 0.05) is 6.20 Å². The van der Waals surface area contributed by atoms with Crippen molar-refractivity contribution in [2.45, 2.75) is 0 Å². The van der Waals surface area contributed by atoms with Crippen molar-refractivity contribution in [2.24, 2.45) is 0 Å². The van der Waals surface area contributed by atoms with Crippen LogP contribution >= 0.6 is 23.2 Å².